The lowest BCUT2D eigenvalue weighted by atomic mass is 10.1. The molecule has 0 saturated heterocycles. The van der Waals surface area contributed by atoms with Gasteiger partial charge in [-0.05, 0) is 66.2 Å². The number of benzene rings is 4. The van der Waals surface area contributed by atoms with E-state index in [0.717, 1.165) is 23.1 Å². The second kappa shape index (κ2) is 12.5. The molecule has 4 aromatic carbocycles. The molecule has 0 aliphatic heterocycles. The smallest absolute Gasteiger partial charge is 0.346 e. The molecule has 218 valence electrons. The van der Waals surface area contributed by atoms with E-state index in [1.54, 1.807) is 18.2 Å². The maximum Gasteiger partial charge on any atom is 0.346 e. The molecule has 1 N–H and O–H groups in total. The fourth-order valence-corrected chi connectivity index (χ4v) is 4.57. The first kappa shape index (κ1) is 29.5. The standard InChI is InChI=1S/C34H20F5N3O2/c35-28-29(36)31(38)33(32(39)30(28)37)42-26(17-18-27(42)19-22(20-40)34(43)44)16-13-21-11-14-25(15-12-21)41(23-7-3-1-4-8-23)24-9-5-2-6-10-24/h1-19H,(H,43,44)/b16-13+,22-19+. The van der Waals surface area contributed by atoms with E-state index in [9.17, 15) is 37.1 Å². The highest BCUT2D eigenvalue weighted by Crippen LogP contribution is 2.35. The van der Waals surface area contributed by atoms with Gasteiger partial charge in [-0.25, -0.2) is 26.7 Å². The lowest BCUT2D eigenvalue weighted by Crippen LogP contribution is -2.12. The molecule has 0 aliphatic carbocycles. The van der Waals surface area contributed by atoms with E-state index in [4.69, 9.17) is 0 Å². The molecule has 0 fully saturated rings. The third-order valence-corrected chi connectivity index (χ3v) is 6.62. The Morgan fingerprint density at radius 1 is 0.659 bits per heavy atom. The van der Waals surface area contributed by atoms with Gasteiger partial charge < -0.3 is 14.6 Å². The molecule has 5 nitrogen and oxygen atoms in total. The topological polar surface area (TPSA) is 69.3 Å². The van der Waals surface area contributed by atoms with Crippen molar-refractivity contribution in [3.8, 4) is 11.8 Å². The molecular weight excluding hydrogens is 577 g/mol. The van der Waals surface area contributed by atoms with Crippen LogP contribution in [0.3, 0.4) is 0 Å². The highest BCUT2D eigenvalue weighted by molar-refractivity contribution is 5.96. The molecule has 5 rings (SSSR count). The van der Waals surface area contributed by atoms with Crippen LogP contribution in [0.15, 0.2) is 103 Å². The predicted molar refractivity (Wildman–Crippen MR) is 157 cm³/mol. The molecule has 0 amide bonds. The number of carboxylic acids is 1. The van der Waals surface area contributed by atoms with E-state index in [2.05, 4.69) is 0 Å². The van der Waals surface area contributed by atoms with E-state index in [0.29, 0.717) is 10.1 Å². The summed E-state index contributed by atoms with van der Waals surface area (Å²) < 4.78 is 72.6. The second-order valence-corrected chi connectivity index (χ2v) is 9.34. The number of aromatic nitrogens is 1. The zero-order valence-corrected chi connectivity index (χ0v) is 22.6. The van der Waals surface area contributed by atoms with Crippen LogP contribution < -0.4 is 4.90 Å². The van der Waals surface area contributed by atoms with Gasteiger partial charge in [0.25, 0.3) is 0 Å². The van der Waals surface area contributed by atoms with Crippen LogP contribution in [0.5, 0.6) is 0 Å². The van der Waals surface area contributed by atoms with Crippen LogP contribution in [0.4, 0.5) is 39.0 Å². The highest BCUT2D eigenvalue weighted by Gasteiger charge is 2.28. The Bertz CT molecular complexity index is 1880. The molecule has 0 aliphatic rings. The minimum Gasteiger partial charge on any atom is -0.477 e. The van der Waals surface area contributed by atoms with Crippen molar-refractivity contribution in [3.05, 3.63) is 149 Å². The maximum atomic E-state index is 14.9. The summed E-state index contributed by atoms with van der Waals surface area (Å²) in [5, 5.41) is 18.4. The third kappa shape index (κ3) is 5.71. The van der Waals surface area contributed by atoms with Gasteiger partial charge in [0, 0.05) is 28.5 Å². The van der Waals surface area contributed by atoms with Crippen molar-refractivity contribution < 1.29 is 31.9 Å². The van der Waals surface area contributed by atoms with E-state index < -0.39 is 46.3 Å². The maximum absolute atomic E-state index is 14.9. The summed E-state index contributed by atoms with van der Waals surface area (Å²) in [5.41, 5.74) is 0.791. The summed E-state index contributed by atoms with van der Waals surface area (Å²) in [6.45, 7) is 0. The minimum absolute atomic E-state index is 0.0542. The number of anilines is 3. The number of aliphatic carboxylic acids is 1. The van der Waals surface area contributed by atoms with Gasteiger partial charge in [-0.15, -0.1) is 0 Å². The van der Waals surface area contributed by atoms with E-state index in [1.165, 1.54) is 24.3 Å². The lowest BCUT2D eigenvalue weighted by molar-refractivity contribution is -0.132. The van der Waals surface area contributed by atoms with Gasteiger partial charge >= 0.3 is 5.97 Å². The molecule has 0 saturated carbocycles. The Hall–Kier alpha value is -5.95. The van der Waals surface area contributed by atoms with E-state index in [1.807, 2.05) is 77.7 Å². The number of hydrogen-bond donors (Lipinski definition) is 1. The quantitative estimate of drug-likeness (QED) is 0.0638. The van der Waals surface area contributed by atoms with Crippen molar-refractivity contribution in [1.82, 2.24) is 4.57 Å². The predicted octanol–water partition coefficient (Wildman–Crippen LogP) is 8.80. The van der Waals surface area contributed by atoms with Gasteiger partial charge in [0.2, 0.25) is 5.82 Å². The molecule has 1 heterocycles. The van der Waals surface area contributed by atoms with E-state index >= 15 is 0 Å². The van der Waals surface area contributed by atoms with Crippen molar-refractivity contribution in [2.45, 2.75) is 0 Å². The zero-order valence-electron chi connectivity index (χ0n) is 22.6. The fourth-order valence-electron chi connectivity index (χ4n) is 4.57. The number of hydrogen-bond acceptors (Lipinski definition) is 3. The number of halogens is 5. The van der Waals surface area contributed by atoms with Crippen molar-refractivity contribution in [3.63, 3.8) is 0 Å². The molecule has 5 aromatic rings. The van der Waals surface area contributed by atoms with E-state index in [-0.39, 0.29) is 11.4 Å². The van der Waals surface area contributed by atoms with Gasteiger partial charge in [-0.1, -0.05) is 54.6 Å². The van der Waals surface area contributed by atoms with Crippen LogP contribution in [0, 0.1) is 40.4 Å². The SMILES string of the molecule is N#C/C(=C\c1ccc(/C=C/c2ccc(N(c3ccccc3)c3ccccc3)cc2)n1-c1c(F)c(F)c(F)c(F)c1F)C(=O)O. The molecule has 44 heavy (non-hydrogen) atoms. The summed E-state index contributed by atoms with van der Waals surface area (Å²) >= 11 is 0. The van der Waals surface area contributed by atoms with Crippen molar-refractivity contribution in [2.24, 2.45) is 0 Å². The normalized spacial score (nSPS) is 11.5. The highest BCUT2D eigenvalue weighted by atomic mass is 19.2. The number of rotatable bonds is 8. The van der Waals surface area contributed by atoms with Crippen LogP contribution in [-0.4, -0.2) is 15.6 Å². The van der Waals surface area contributed by atoms with Gasteiger partial charge in [0.05, 0.1) is 0 Å². The monoisotopic (exact) mass is 597 g/mol. The van der Waals surface area contributed by atoms with Gasteiger partial charge in [0.15, 0.2) is 23.3 Å². The number of para-hydroxylation sites is 2. The molecule has 0 radical (unpaired) electrons. The van der Waals surface area contributed by atoms with Crippen molar-refractivity contribution in [1.29, 1.82) is 5.26 Å². The van der Waals surface area contributed by atoms with Crippen molar-refractivity contribution >= 4 is 41.3 Å². The van der Waals surface area contributed by atoms with Crippen LogP contribution in [0.25, 0.3) is 23.9 Å². The summed E-state index contributed by atoms with van der Waals surface area (Å²) in [6.07, 6.45) is 3.69. The average Bonchev–Trinajstić information content (AvgIpc) is 3.44. The van der Waals surface area contributed by atoms with Gasteiger partial charge in [0.1, 0.15) is 17.3 Å². The number of carboxylic acid groups (broad SMARTS) is 1. The largest absolute Gasteiger partial charge is 0.477 e. The molecule has 0 spiro atoms. The zero-order chi connectivity index (χ0) is 31.4. The Kier molecular flexibility index (Phi) is 8.40. The summed E-state index contributed by atoms with van der Waals surface area (Å²) in [4.78, 5) is 13.4. The van der Waals surface area contributed by atoms with Crippen molar-refractivity contribution in [2.75, 3.05) is 4.90 Å². The third-order valence-electron chi connectivity index (χ3n) is 6.62. The Morgan fingerprint density at radius 3 is 1.64 bits per heavy atom. The number of nitriles is 1. The van der Waals surface area contributed by atoms with Crippen LogP contribution in [0.1, 0.15) is 17.0 Å². The molecule has 0 bridgehead atoms. The summed E-state index contributed by atoms with van der Waals surface area (Å²) in [7, 11) is 0. The van der Waals surface area contributed by atoms with Crippen LogP contribution >= 0.6 is 0 Å². The average molecular weight is 598 g/mol. The molecular formula is C34H20F5N3O2. The first-order valence-electron chi connectivity index (χ1n) is 13.0. The van der Waals surface area contributed by atoms with Crippen LogP contribution in [0.2, 0.25) is 0 Å². The van der Waals surface area contributed by atoms with Gasteiger partial charge in [-0.2, -0.15) is 5.26 Å². The molecule has 1 aromatic heterocycles. The lowest BCUT2D eigenvalue weighted by Gasteiger charge is -2.25. The minimum atomic E-state index is -2.34. The van der Waals surface area contributed by atoms with Gasteiger partial charge in [-0.3, -0.25) is 0 Å². The Balaban J connectivity index is 1.58. The first-order chi connectivity index (χ1) is 21.2. The fraction of sp³-hybridized carbons (Fsp3) is 0. The van der Waals surface area contributed by atoms with Crippen LogP contribution in [-0.2, 0) is 4.79 Å². The summed E-state index contributed by atoms with van der Waals surface area (Å²) in [5.74, 6) is -12.6. The Labute approximate surface area is 248 Å². The molecule has 0 atom stereocenters. The summed E-state index contributed by atoms with van der Waals surface area (Å²) in [6, 6.07) is 30.5. The first-order valence-corrected chi connectivity index (χ1v) is 13.0. The second-order valence-electron chi connectivity index (χ2n) is 9.34. The molecule has 10 heteroatoms. The Morgan fingerprint density at radius 2 is 1.14 bits per heavy atom. The number of nitrogens with zero attached hydrogens (tertiary/aromatic N) is 3. The molecule has 0 unspecified atom stereocenters. The number of carbonyl (C=O) groups is 1.